The number of nitrogens with zero attached hydrogens (tertiary/aromatic N) is 4. The molecular weight excluding hydrogens is 318 g/mol. The van der Waals surface area contributed by atoms with Gasteiger partial charge in [-0.05, 0) is 26.8 Å². The fourth-order valence-corrected chi connectivity index (χ4v) is 2.79. The third kappa shape index (κ3) is 3.51. The third-order valence-electron chi connectivity index (χ3n) is 4.10. The van der Waals surface area contributed by atoms with E-state index in [0.717, 1.165) is 28.1 Å². The van der Waals surface area contributed by atoms with Gasteiger partial charge in [0.15, 0.2) is 5.82 Å². The van der Waals surface area contributed by atoms with Crippen LogP contribution in [0.1, 0.15) is 22.5 Å². The Hall–Kier alpha value is -2.80. The molecule has 1 aromatic carbocycles. The van der Waals surface area contributed by atoms with E-state index in [0.29, 0.717) is 11.6 Å². The fourth-order valence-electron chi connectivity index (χ4n) is 2.79. The zero-order chi connectivity index (χ0) is 18.0. The zero-order valence-electron chi connectivity index (χ0n) is 14.6. The van der Waals surface area contributed by atoms with Gasteiger partial charge in [0, 0.05) is 29.1 Å². The average Bonchev–Trinajstić information content (AvgIpc) is 3.01. The van der Waals surface area contributed by atoms with Crippen LogP contribution in [0.25, 0.3) is 17.2 Å². The number of hydrogen-bond acceptors (Lipinski definition) is 5. The van der Waals surface area contributed by atoms with Crippen LogP contribution in [0, 0.1) is 20.8 Å². The van der Waals surface area contributed by atoms with E-state index in [9.17, 15) is 4.79 Å². The minimum absolute atomic E-state index is 0.0794. The van der Waals surface area contributed by atoms with E-state index in [4.69, 9.17) is 5.11 Å². The molecule has 0 aliphatic heterocycles. The largest absolute Gasteiger partial charge is 0.395 e. The molecule has 7 nitrogen and oxygen atoms in total. The molecule has 2 heterocycles. The number of benzene rings is 1. The standard InChI is InChI=1S/C18H21N5O2/c1-11-5-4-6-14(9-11)17-21-18-20-12(2)15(13(3)23(18)22-17)10-16(25)19-7-8-24/h4-6,9,24H,7-8,10H2,1-3H3,(H,19,25). The lowest BCUT2D eigenvalue weighted by Crippen LogP contribution is -2.28. The Morgan fingerprint density at radius 3 is 2.76 bits per heavy atom. The normalized spacial score (nSPS) is 11.0. The maximum atomic E-state index is 12.0. The summed E-state index contributed by atoms with van der Waals surface area (Å²) in [5, 5.41) is 16.0. The van der Waals surface area contributed by atoms with E-state index in [2.05, 4.69) is 20.4 Å². The maximum Gasteiger partial charge on any atom is 0.253 e. The van der Waals surface area contributed by atoms with Gasteiger partial charge in [0.25, 0.3) is 5.78 Å². The quantitative estimate of drug-likeness (QED) is 0.732. The summed E-state index contributed by atoms with van der Waals surface area (Å²) in [6.45, 7) is 5.96. The van der Waals surface area contributed by atoms with Gasteiger partial charge in [-0.15, -0.1) is 5.10 Å². The third-order valence-corrected chi connectivity index (χ3v) is 4.10. The number of aromatic nitrogens is 4. The Morgan fingerprint density at radius 2 is 2.04 bits per heavy atom. The van der Waals surface area contributed by atoms with Crippen LogP contribution in [-0.2, 0) is 11.2 Å². The number of nitrogens with one attached hydrogen (secondary N) is 1. The molecule has 2 aromatic heterocycles. The number of carbonyl (C=O) groups excluding carboxylic acids is 1. The summed E-state index contributed by atoms with van der Waals surface area (Å²) in [4.78, 5) is 21.0. The molecule has 0 aliphatic rings. The maximum absolute atomic E-state index is 12.0. The van der Waals surface area contributed by atoms with E-state index in [1.807, 2.05) is 45.0 Å². The highest BCUT2D eigenvalue weighted by Crippen LogP contribution is 2.20. The van der Waals surface area contributed by atoms with Crippen molar-refractivity contribution in [1.29, 1.82) is 0 Å². The van der Waals surface area contributed by atoms with Crippen molar-refractivity contribution in [1.82, 2.24) is 24.9 Å². The molecule has 130 valence electrons. The van der Waals surface area contributed by atoms with Crippen molar-refractivity contribution in [2.45, 2.75) is 27.2 Å². The lowest BCUT2D eigenvalue weighted by Gasteiger charge is -2.10. The van der Waals surface area contributed by atoms with Crippen molar-refractivity contribution in [2.24, 2.45) is 0 Å². The van der Waals surface area contributed by atoms with Crippen molar-refractivity contribution in [3.05, 3.63) is 46.8 Å². The second-order valence-electron chi connectivity index (χ2n) is 6.03. The summed E-state index contributed by atoms with van der Waals surface area (Å²) in [6, 6.07) is 7.99. The molecule has 3 rings (SSSR count). The topological polar surface area (TPSA) is 92.4 Å². The van der Waals surface area contributed by atoms with Gasteiger partial charge in [-0.2, -0.15) is 4.98 Å². The van der Waals surface area contributed by atoms with Crippen LogP contribution < -0.4 is 5.32 Å². The molecule has 1 amide bonds. The van der Waals surface area contributed by atoms with Crippen LogP contribution in [0.4, 0.5) is 0 Å². The highest BCUT2D eigenvalue weighted by molar-refractivity contribution is 5.79. The van der Waals surface area contributed by atoms with Gasteiger partial charge in [0.05, 0.1) is 13.0 Å². The molecule has 7 heteroatoms. The average molecular weight is 339 g/mol. The Kier molecular flexibility index (Phi) is 4.76. The predicted molar refractivity (Wildman–Crippen MR) is 94.2 cm³/mol. The van der Waals surface area contributed by atoms with Gasteiger partial charge in [-0.3, -0.25) is 4.79 Å². The summed E-state index contributed by atoms with van der Waals surface area (Å²) >= 11 is 0. The molecule has 25 heavy (non-hydrogen) atoms. The van der Waals surface area contributed by atoms with Crippen molar-refractivity contribution in [3.8, 4) is 11.4 Å². The van der Waals surface area contributed by atoms with Crippen LogP contribution in [-0.4, -0.2) is 43.7 Å². The molecule has 2 N–H and O–H groups in total. The number of aliphatic hydroxyl groups excluding tert-OH is 1. The SMILES string of the molecule is Cc1cccc(-c2nc3nc(C)c(CC(=O)NCCO)c(C)n3n2)c1. The minimum Gasteiger partial charge on any atom is -0.395 e. The fraction of sp³-hybridized carbons (Fsp3) is 0.333. The van der Waals surface area contributed by atoms with Gasteiger partial charge in [-0.1, -0.05) is 23.8 Å². The molecule has 0 saturated carbocycles. The van der Waals surface area contributed by atoms with Gasteiger partial charge in [-0.25, -0.2) is 9.50 Å². The van der Waals surface area contributed by atoms with E-state index in [1.165, 1.54) is 0 Å². The molecule has 3 aromatic rings. The molecule has 0 fully saturated rings. The molecule has 0 spiro atoms. The Balaban J connectivity index is 2.00. The van der Waals surface area contributed by atoms with Gasteiger partial charge in [0.2, 0.25) is 5.91 Å². The summed E-state index contributed by atoms with van der Waals surface area (Å²) in [6.07, 6.45) is 0.195. The van der Waals surface area contributed by atoms with Crippen molar-refractivity contribution < 1.29 is 9.90 Å². The van der Waals surface area contributed by atoms with Crippen LogP contribution >= 0.6 is 0 Å². The van der Waals surface area contributed by atoms with Crippen molar-refractivity contribution in [3.63, 3.8) is 0 Å². The molecule has 0 unspecified atom stereocenters. The van der Waals surface area contributed by atoms with E-state index >= 15 is 0 Å². The number of fused-ring (bicyclic) bond motifs is 1. The molecule has 0 bridgehead atoms. The number of aliphatic hydroxyl groups is 1. The van der Waals surface area contributed by atoms with Crippen molar-refractivity contribution in [2.75, 3.05) is 13.2 Å². The Bertz CT molecular complexity index is 933. The van der Waals surface area contributed by atoms with E-state index < -0.39 is 0 Å². The summed E-state index contributed by atoms with van der Waals surface area (Å²) in [5.74, 6) is 0.979. The number of hydrogen-bond donors (Lipinski definition) is 2. The molecule has 0 radical (unpaired) electrons. The zero-order valence-corrected chi connectivity index (χ0v) is 14.6. The number of rotatable bonds is 5. The predicted octanol–water partition coefficient (Wildman–Crippen LogP) is 1.37. The highest BCUT2D eigenvalue weighted by atomic mass is 16.3. The van der Waals surface area contributed by atoms with Gasteiger partial charge < -0.3 is 10.4 Å². The highest BCUT2D eigenvalue weighted by Gasteiger charge is 2.16. The number of amides is 1. The van der Waals surface area contributed by atoms with Crippen LogP contribution in [0.5, 0.6) is 0 Å². The van der Waals surface area contributed by atoms with Gasteiger partial charge >= 0.3 is 0 Å². The molecule has 0 atom stereocenters. The lowest BCUT2D eigenvalue weighted by atomic mass is 10.1. The summed E-state index contributed by atoms with van der Waals surface area (Å²) < 4.78 is 1.68. The van der Waals surface area contributed by atoms with Crippen LogP contribution in [0.2, 0.25) is 0 Å². The lowest BCUT2D eigenvalue weighted by molar-refractivity contribution is -0.120. The molecular formula is C18H21N5O2. The number of aryl methyl sites for hydroxylation is 3. The Morgan fingerprint density at radius 1 is 1.24 bits per heavy atom. The van der Waals surface area contributed by atoms with Crippen LogP contribution in [0.15, 0.2) is 24.3 Å². The summed E-state index contributed by atoms with van der Waals surface area (Å²) in [5.41, 5.74) is 4.49. The van der Waals surface area contributed by atoms with Crippen LogP contribution in [0.3, 0.4) is 0 Å². The van der Waals surface area contributed by atoms with E-state index in [-0.39, 0.29) is 25.5 Å². The first-order valence-electron chi connectivity index (χ1n) is 8.17. The Labute approximate surface area is 145 Å². The second kappa shape index (κ2) is 6.98. The van der Waals surface area contributed by atoms with Gasteiger partial charge in [0.1, 0.15) is 0 Å². The first-order chi connectivity index (χ1) is 12.0. The minimum atomic E-state index is -0.152. The summed E-state index contributed by atoms with van der Waals surface area (Å²) in [7, 11) is 0. The molecule has 0 saturated heterocycles. The second-order valence-corrected chi connectivity index (χ2v) is 6.03. The monoisotopic (exact) mass is 339 g/mol. The smallest absolute Gasteiger partial charge is 0.253 e. The van der Waals surface area contributed by atoms with E-state index in [1.54, 1.807) is 4.52 Å². The number of carbonyl (C=O) groups is 1. The first kappa shape index (κ1) is 17.0. The molecule has 0 aliphatic carbocycles. The van der Waals surface area contributed by atoms with Crippen molar-refractivity contribution >= 4 is 11.7 Å². The first-order valence-corrected chi connectivity index (χ1v) is 8.17.